The number of hydrogen-bond donors (Lipinski definition) is 2. The highest BCUT2D eigenvalue weighted by Gasteiger charge is 2.76. The molecule has 3 saturated heterocycles. The number of carboxylic acid groups (broad SMARTS) is 1. The molecule has 2 amide bonds. The number of carboxylic acids is 1. The van der Waals surface area contributed by atoms with E-state index in [1.54, 1.807) is 27.6 Å². The molecule has 1 spiro atoms. The molecule has 33 heavy (non-hydrogen) atoms. The molecule has 8 heteroatoms. The maximum atomic E-state index is 14.1. The number of fused-ring (bicyclic) bond motifs is 1. The number of carbonyl (C=O) groups is 3. The van der Waals surface area contributed by atoms with Gasteiger partial charge in [-0.2, -0.15) is 0 Å². The third-order valence-electron chi connectivity index (χ3n) is 7.45. The Hall–Kier alpha value is -2.32. The Morgan fingerprint density at radius 2 is 2.03 bits per heavy atom. The number of amides is 2. The number of nitrogens with zero attached hydrogens (tertiary/aromatic N) is 2. The lowest BCUT2D eigenvalue weighted by Crippen LogP contribution is -2.57. The predicted molar refractivity (Wildman–Crippen MR) is 126 cm³/mol. The molecule has 3 heterocycles. The fourth-order valence-corrected chi connectivity index (χ4v) is 8.49. The van der Waals surface area contributed by atoms with Crippen molar-refractivity contribution >= 4 is 29.5 Å². The molecular weight excluding hydrogens is 440 g/mol. The molecule has 0 saturated carbocycles. The highest BCUT2D eigenvalue weighted by atomic mass is 32.2. The second-order valence-electron chi connectivity index (χ2n) is 9.35. The average Bonchev–Trinajstić information content (AvgIpc) is 3.38. The van der Waals surface area contributed by atoms with Crippen LogP contribution in [0.25, 0.3) is 0 Å². The van der Waals surface area contributed by atoms with E-state index in [1.165, 1.54) is 0 Å². The predicted octanol–water partition coefficient (Wildman–Crippen LogP) is 2.40. The number of unbranched alkanes of at least 4 members (excludes halogenated alkanes) is 1. The van der Waals surface area contributed by atoms with Crippen molar-refractivity contribution in [3.63, 3.8) is 0 Å². The summed E-state index contributed by atoms with van der Waals surface area (Å²) in [5, 5.41) is 19.1. The van der Waals surface area contributed by atoms with Gasteiger partial charge in [-0.05, 0) is 30.7 Å². The monoisotopic (exact) mass is 472 g/mol. The van der Waals surface area contributed by atoms with Gasteiger partial charge in [0.2, 0.25) is 11.8 Å². The molecule has 2 N–H and O–H groups in total. The van der Waals surface area contributed by atoms with E-state index in [2.05, 4.69) is 13.5 Å². The van der Waals surface area contributed by atoms with Gasteiger partial charge in [-0.15, -0.1) is 18.3 Å². The summed E-state index contributed by atoms with van der Waals surface area (Å²) in [5.74, 6) is -2.73. The normalized spacial score (nSPS) is 32.1. The summed E-state index contributed by atoms with van der Waals surface area (Å²) in [6.45, 7) is 6.96. The van der Waals surface area contributed by atoms with Crippen LogP contribution >= 0.6 is 11.8 Å². The van der Waals surface area contributed by atoms with Crippen LogP contribution in [0.4, 0.5) is 0 Å². The van der Waals surface area contributed by atoms with Crippen LogP contribution in [0, 0.1) is 17.8 Å². The van der Waals surface area contributed by atoms with Crippen LogP contribution in [0.3, 0.4) is 0 Å². The van der Waals surface area contributed by atoms with Gasteiger partial charge < -0.3 is 20.0 Å². The maximum Gasteiger partial charge on any atom is 0.308 e. The largest absolute Gasteiger partial charge is 0.481 e. The summed E-state index contributed by atoms with van der Waals surface area (Å²) in [7, 11) is 0. The first-order valence-electron chi connectivity index (χ1n) is 11.6. The van der Waals surface area contributed by atoms with Crippen molar-refractivity contribution in [1.82, 2.24) is 9.80 Å². The zero-order chi connectivity index (χ0) is 23.8. The van der Waals surface area contributed by atoms with E-state index in [0.29, 0.717) is 38.9 Å². The van der Waals surface area contributed by atoms with E-state index in [1.807, 2.05) is 30.3 Å². The minimum Gasteiger partial charge on any atom is -0.481 e. The summed E-state index contributed by atoms with van der Waals surface area (Å²) in [5.41, 5.74) is 0.984. The second-order valence-corrected chi connectivity index (χ2v) is 10.9. The minimum absolute atomic E-state index is 0.0107. The molecule has 3 aliphatic heterocycles. The fraction of sp³-hybridized carbons (Fsp3) is 0.560. The molecule has 7 nitrogen and oxygen atoms in total. The van der Waals surface area contributed by atoms with Crippen molar-refractivity contribution in [3.8, 4) is 0 Å². The summed E-state index contributed by atoms with van der Waals surface area (Å²) >= 11 is 1.55. The summed E-state index contributed by atoms with van der Waals surface area (Å²) in [6.07, 6.45) is 3.47. The first-order chi connectivity index (χ1) is 15.9. The van der Waals surface area contributed by atoms with E-state index in [-0.39, 0.29) is 29.6 Å². The number of aliphatic carboxylic acids is 1. The van der Waals surface area contributed by atoms with Crippen molar-refractivity contribution in [2.45, 2.75) is 48.8 Å². The Morgan fingerprint density at radius 1 is 1.30 bits per heavy atom. The third-order valence-corrected chi connectivity index (χ3v) is 9.53. The van der Waals surface area contributed by atoms with Crippen LogP contribution < -0.4 is 0 Å². The van der Waals surface area contributed by atoms with Gasteiger partial charge in [0, 0.05) is 31.5 Å². The smallest absolute Gasteiger partial charge is 0.308 e. The van der Waals surface area contributed by atoms with E-state index in [0.717, 1.165) is 5.56 Å². The van der Waals surface area contributed by atoms with Crippen molar-refractivity contribution < 1.29 is 24.6 Å². The zero-order valence-corrected chi connectivity index (χ0v) is 19.7. The number of rotatable bonds is 10. The Morgan fingerprint density at radius 3 is 2.67 bits per heavy atom. The Labute approximate surface area is 198 Å². The van der Waals surface area contributed by atoms with Crippen LogP contribution in [0.15, 0.2) is 43.0 Å². The number of benzene rings is 1. The highest BCUT2D eigenvalue weighted by molar-refractivity contribution is 8.02. The van der Waals surface area contributed by atoms with E-state index in [9.17, 15) is 24.6 Å². The minimum atomic E-state index is -0.949. The summed E-state index contributed by atoms with van der Waals surface area (Å²) in [4.78, 5) is 43.4. The molecular formula is C25H32N2O5S. The number of thioether (sulfide) groups is 1. The van der Waals surface area contributed by atoms with Gasteiger partial charge in [-0.3, -0.25) is 14.4 Å². The summed E-state index contributed by atoms with van der Waals surface area (Å²) < 4.78 is -0.739. The van der Waals surface area contributed by atoms with Crippen LogP contribution in [0.2, 0.25) is 0 Å². The third kappa shape index (κ3) is 3.87. The van der Waals surface area contributed by atoms with Gasteiger partial charge in [-0.1, -0.05) is 43.3 Å². The molecule has 2 bridgehead atoms. The van der Waals surface area contributed by atoms with Gasteiger partial charge in [0.1, 0.15) is 6.04 Å². The van der Waals surface area contributed by atoms with E-state index < -0.39 is 28.6 Å². The molecule has 1 aromatic rings. The van der Waals surface area contributed by atoms with Gasteiger partial charge in [0.25, 0.3) is 0 Å². The molecule has 0 aliphatic carbocycles. The Balaban J connectivity index is 1.73. The maximum absolute atomic E-state index is 14.1. The number of carbonyl (C=O) groups excluding carboxylic acids is 2. The van der Waals surface area contributed by atoms with Gasteiger partial charge in [-0.25, -0.2) is 0 Å². The van der Waals surface area contributed by atoms with Crippen LogP contribution in [-0.4, -0.2) is 73.5 Å². The average molecular weight is 473 g/mol. The number of likely N-dealkylation sites (tertiary alicyclic amines) is 1. The first kappa shape index (κ1) is 23.8. The van der Waals surface area contributed by atoms with E-state index in [4.69, 9.17) is 0 Å². The molecule has 3 unspecified atom stereocenters. The Bertz CT molecular complexity index is 925. The molecule has 3 aliphatic rings. The lowest BCUT2D eigenvalue weighted by molar-refractivity contribution is -0.149. The van der Waals surface area contributed by atoms with Gasteiger partial charge in [0.15, 0.2) is 0 Å². The molecule has 0 radical (unpaired) electrons. The van der Waals surface area contributed by atoms with Crippen LogP contribution in [-0.2, 0) is 20.9 Å². The number of hydrogen-bond acceptors (Lipinski definition) is 5. The molecule has 0 aromatic heterocycles. The van der Waals surface area contributed by atoms with Crippen molar-refractivity contribution in [2.24, 2.45) is 17.8 Å². The van der Waals surface area contributed by atoms with E-state index >= 15 is 0 Å². The zero-order valence-electron chi connectivity index (χ0n) is 18.9. The molecule has 1 aromatic carbocycles. The Kier molecular flexibility index (Phi) is 6.86. The summed E-state index contributed by atoms with van der Waals surface area (Å²) in [6, 6.07) is 8.98. The highest BCUT2D eigenvalue weighted by Crippen LogP contribution is 2.68. The molecule has 3 fully saturated rings. The second kappa shape index (κ2) is 9.50. The fourth-order valence-electron chi connectivity index (χ4n) is 6.08. The molecule has 178 valence electrons. The molecule has 4 rings (SSSR count). The van der Waals surface area contributed by atoms with Crippen LogP contribution in [0.1, 0.15) is 31.7 Å². The quantitative estimate of drug-likeness (QED) is 0.401. The lowest BCUT2D eigenvalue weighted by Gasteiger charge is -2.40. The van der Waals surface area contributed by atoms with Crippen molar-refractivity contribution in [3.05, 3.63) is 48.6 Å². The van der Waals surface area contributed by atoms with Crippen molar-refractivity contribution in [2.75, 3.05) is 19.7 Å². The standard InChI is InChI=1S/C25H32N2O5S/c1-3-11-26(15-17-9-5-4-6-10-17)23(30)21-25-16(2)14-18(33-25)19(24(31)32)20(25)22(29)27(21)12-7-8-13-28/h3-6,9-10,16,18-21,28H,1,7-8,11-15H2,2H3,(H,31,32)/t16?,18-,19+,20+,21?,25?/m1/s1. The first-order valence-corrected chi connectivity index (χ1v) is 12.5. The number of aliphatic hydroxyl groups is 1. The SMILES string of the molecule is C=CCN(Cc1ccccc1)C(=O)C1N(CCCCO)C(=O)[C@@H]2[C@@H](C(=O)O)[C@H]3CC(C)C12S3. The number of aliphatic hydroxyl groups excluding tert-OH is 1. The van der Waals surface area contributed by atoms with Gasteiger partial charge in [0.05, 0.1) is 16.6 Å². The molecule has 6 atom stereocenters. The van der Waals surface area contributed by atoms with Crippen molar-refractivity contribution in [1.29, 1.82) is 0 Å². The van der Waals surface area contributed by atoms with Gasteiger partial charge >= 0.3 is 5.97 Å². The van der Waals surface area contributed by atoms with Crippen LogP contribution in [0.5, 0.6) is 0 Å². The topological polar surface area (TPSA) is 98.2 Å². The lowest BCUT2D eigenvalue weighted by atomic mass is 9.66.